The molecule has 31 heavy (non-hydrogen) atoms. The molecule has 0 saturated heterocycles. The van der Waals surface area contributed by atoms with Gasteiger partial charge < -0.3 is 20.1 Å². The highest BCUT2D eigenvalue weighted by molar-refractivity contribution is 5.43. The lowest BCUT2D eigenvalue weighted by molar-refractivity contribution is -0.0494. The molecule has 0 amide bonds. The molecule has 0 unspecified atom stereocenters. The van der Waals surface area contributed by atoms with Crippen LogP contribution in [-0.4, -0.2) is 46.3 Å². The van der Waals surface area contributed by atoms with Crippen molar-refractivity contribution in [1.29, 1.82) is 0 Å². The predicted octanol–water partition coefficient (Wildman–Crippen LogP) is 4.70. The van der Waals surface area contributed by atoms with E-state index in [1.807, 2.05) is 13.8 Å². The van der Waals surface area contributed by atoms with Crippen molar-refractivity contribution in [2.24, 2.45) is 22.7 Å². The summed E-state index contributed by atoms with van der Waals surface area (Å²) in [6.07, 6.45) is 13.3. The zero-order valence-electron chi connectivity index (χ0n) is 19.9. The minimum Gasteiger partial charge on any atom is -0.393 e. The standard InChI is InChI=1S/C27H42O4/c1-25(2,30)12-5-6-14-31-17-19-8-10-22-21-9-7-18-15-20(28)16-24(29)27(18,4)23(21)11-13-26(19,22)3/h7-9,20,22-24,28-30H,5-6,10-17H2,1-4H3/t20-,22+,23+,24+,26-,27+/m1/s1. The summed E-state index contributed by atoms with van der Waals surface area (Å²) in [6, 6.07) is 0. The monoisotopic (exact) mass is 430 g/mol. The second-order valence-electron chi connectivity index (χ2n) is 11.6. The van der Waals surface area contributed by atoms with Gasteiger partial charge in [0.15, 0.2) is 0 Å². The van der Waals surface area contributed by atoms with Gasteiger partial charge in [0.1, 0.15) is 0 Å². The van der Waals surface area contributed by atoms with Crippen LogP contribution in [0.1, 0.15) is 79.1 Å². The van der Waals surface area contributed by atoms with Crippen LogP contribution in [0.5, 0.6) is 0 Å². The summed E-state index contributed by atoms with van der Waals surface area (Å²) in [5, 5.41) is 31.0. The van der Waals surface area contributed by atoms with Crippen LogP contribution in [0.25, 0.3) is 0 Å². The molecule has 4 nitrogen and oxygen atoms in total. The van der Waals surface area contributed by atoms with Crippen molar-refractivity contribution in [2.75, 3.05) is 13.2 Å². The van der Waals surface area contributed by atoms with E-state index in [1.165, 1.54) is 16.7 Å². The first-order valence-corrected chi connectivity index (χ1v) is 12.3. The molecule has 0 heterocycles. The molecule has 4 aliphatic rings. The van der Waals surface area contributed by atoms with Gasteiger partial charge in [0.25, 0.3) is 0 Å². The van der Waals surface area contributed by atoms with Crippen molar-refractivity contribution >= 4 is 0 Å². The quantitative estimate of drug-likeness (QED) is 0.405. The summed E-state index contributed by atoms with van der Waals surface area (Å²) < 4.78 is 6.07. The molecule has 2 fully saturated rings. The Morgan fingerprint density at radius 3 is 2.65 bits per heavy atom. The number of ether oxygens (including phenoxy) is 1. The van der Waals surface area contributed by atoms with Gasteiger partial charge in [-0.25, -0.2) is 0 Å². The molecule has 3 N–H and O–H groups in total. The Labute approximate surface area is 188 Å². The zero-order chi connectivity index (χ0) is 22.4. The van der Waals surface area contributed by atoms with Gasteiger partial charge in [-0.1, -0.05) is 43.2 Å². The number of unbranched alkanes of at least 4 members (excludes halogenated alkanes) is 1. The average molecular weight is 431 g/mol. The first-order chi connectivity index (χ1) is 14.6. The van der Waals surface area contributed by atoms with Gasteiger partial charge in [0, 0.05) is 18.4 Å². The molecule has 4 heteroatoms. The van der Waals surface area contributed by atoms with Crippen molar-refractivity contribution in [1.82, 2.24) is 0 Å². The number of rotatable bonds is 7. The Kier molecular flexibility index (Phi) is 6.33. The summed E-state index contributed by atoms with van der Waals surface area (Å²) in [5.74, 6) is 0.872. The zero-order valence-corrected chi connectivity index (χ0v) is 19.9. The van der Waals surface area contributed by atoms with Crippen molar-refractivity contribution in [2.45, 2.75) is 96.9 Å². The smallest absolute Gasteiger partial charge is 0.0682 e. The lowest BCUT2D eigenvalue weighted by Gasteiger charge is -2.56. The van der Waals surface area contributed by atoms with Gasteiger partial charge in [-0.2, -0.15) is 0 Å². The highest BCUT2D eigenvalue weighted by Crippen LogP contribution is 2.63. The number of allylic oxidation sites excluding steroid dienone is 4. The van der Waals surface area contributed by atoms with Crippen LogP contribution >= 0.6 is 0 Å². The minimum atomic E-state index is -0.587. The molecule has 0 spiro atoms. The van der Waals surface area contributed by atoms with Crippen LogP contribution in [0.15, 0.2) is 34.9 Å². The van der Waals surface area contributed by atoms with Gasteiger partial charge in [-0.05, 0) is 81.6 Å². The van der Waals surface area contributed by atoms with Crippen molar-refractivity contribution in [3.63, 3.8) is 0 Å². The van der Waals surface area contributed by atoms with Crippen molar-refractivity contribution < 1.29 is 20.1 Å². The second kappa shape index (κ2) is 8.44. The van der Waals surface area contributed by atoms with Gasteiger partial charge in [0.05, 0.1) is 24.4 Å². The summed E-state index contributed by atoms with van der Waals surface area (Å²) in [7, 11) is 0. The minimum absolute atomic E-state index is 0.149. The summed E-state index contributed by atoms with van der Waals surface area (Å²) in [4.78, 5) is 0. The van der Waals surface area contributed by atoms with Gasteiger partial charge in [-0.3, -0.25) is 0 Å². The van der Waals surface area contributed by atoms with E-state index in [1.54, 1.807) is 0 Å². The topological polar surface area (TPSA) is 69.9 Å². The van der Waals surface area contributed by atoms with E-state index in [4.69, 9.17) is 4.74 Å². The third-order valence-electron chi connectivity index (χ3n) is 8.98. The van der Waals surface area contributed by atoms with Gasteiger partial charge >= 0.3 is 0 Å². The first kappa shape index (κ1) is 23.2. The van der Waals surface area contributed by atoms with Gasteiger partial charge in [0.2, 0.25) is 0 Å². The Balaban J connectivity index is 1.40. The molecule has 0 aromatic rings. The maximum atomic E-state index is 11.0. The second-order valence-corrected chi connectivity index (χ2v) is 11.6. The fraction of sp³-hybridized carbons (Fsp3) is 0.778. The van der Waals surface area contributed by atoms with Crippen LogP contribution in [0, 0.1) is 22.7 Å². The Morgan fingerprint density at radius 2 is 1.90 bits per heavy atom. The third kappa shape index (κ3) is 4.21. The molecule has 4 aliphatic carbocycles. The molecule has 6 atom stereocenters. The summed E-state index contributed by atoms with van der Waals surface area (Å²) >= 11 is 0. The average Bonchev–Trinajstić information content (AvgIpc) is 3.01. The highest BCUT2D eigenvalue weighted by Gasteiger charge is 2.56. The van der Waals surface area contributed by atoms with E-state index in [0.717, 1.165) is 45.1 Å². The predicted molar refractivity (Wildman–Crippen MR) is 124 cm³/mol. The van der Waals surface area contributed by atoms with Crippen molar-refractivity contribution in [3.05, 3.63) is 34.9 Å². The fourth-order valence-corrected chi connectivity index (χ4v) is 6.89. The van der Waals surface area contributed by atoms with E-state index >= 15 is 0 Å². The van der Waals surface area contributed by atoms with Crippen LogP contribution < -0.4 is 0 Å². The number of fused-ring (bicyclic) bond motifs is 5. The lowest BCUT2D eigenvalue weighted by Crippen LogP contribution is -2.52. The van der Waals surface area contributed by atoms with Crippen LogP contribution in [0.4, 0.5) is 0 Å². The molecular weight excluding hydrogens is 388 g/mol. The van der Waals surface area contributed by atoms with Crippen LogP contribution in [-0.2, 0) is 4.74 Å². The maximum absolute atomic E-state index is 11.0. The number of hydrogen-bond donors (Lipinski definition) is 3. The van der Waals surface area contributed by atoms with E-state index in [0.29, 0.717) is 31.3 Å². The number of hydrogen-bond acceptors (Lipinski definition) is 4. The molecule has 2 saturated carbocycles. The number of aliphatic hydroxyl groups is 3. The summed E-state index contributed by atoms with van der Waals surface area (Å²) in [5.41, 5.74) is 3.51. The van der Waals surface area contributed by atoms with Crippen LogP contribution in [0.2, 0.25) is 0 Å². The Hall–Kier alpha value is -0.940. The SMILES string of the molecule is CC(C)(O)CCCCOCC1=CC[C@H]2C3=CC=C4C[C@@H](O)C[C@H](O)[C@]4(C)[C@H]3CC[C@]12C. The molecule has 0 aromatic heterocycles. The molecule has 0 radical (unpaired) electrons. The van der Waals surface area contributed by atoms with Gasteiger partial charge in [-0.15, -0.1) is 0 Å². The number of aliphatic hydroxyl groups excluding tert-OH is 2. The molecule has 0 aliphatic heterocycles. The largest absolute Gasteiger partial charge is 0.393 e. The lowest BCUT2D eigenvalue weighted by atomic mass is 9.50. The van der Waals surface area contributed by atoms with E-state index in [2.05, 4.69) is 32.1 Å². The molecule has 0 bridgehead atoms. The molecule has 174 valence electrons. The normalized spacial score (nSPS) is 39.8. The fourth-order valence-electron chi connectivity index (χ4n) is 6.89. The molecule has 0 aromatic carbocycles. The first-order valence-electron chi connectivity index (χ1n) is 12.3. The summed E-state index contributed by atoms with van der Waals surface area (Å²) in [6.45, 7) is 9.82. The third-order valence-corrected chi connectivity index (χ3v) is 8.98. The van der Waals surface area contributed by atoms with E-state index < -0.39 is 17.8 Å². The molecular formula is C27H42O4. The molecule has 4 rings (SSSR count). The van der Waals surface area contributed by atoms with E-state index in [-0.39, 0.29) is 10.8 Å². The highest BCUT2D eigenvalue weighted by atomic mass is 16.5. The Morgan fingerprint density at radius 1 is 1.13 bits per heavy atom. The van der Waals surface area contributed by atoms with Crippen molar-refractivity contribution in [3.8, 4) is 0 Å². The van der Waals surface area contributed by atoms with Crippen LogP contribution in [0.3, 0.4) is 0 Å². The Bertz CT molecular complexity index is 773. The maximum Gasteiger partial charge on any atom is 0.0682 e. The van der Waals surface area contributed by atoms with E-state index in [9.17, 15) is 15.3 Å².